The van der Waals surface area contributed by atoms with E-state index in [0.29, 0.717) is 12.4 Å². The average Bonchev–Trinajstić information content (AvgIpc) is 2.34. The molecule has 0 aromatic carbocycles. The van der Waals surface area contributed by atoms with E-state index in [1.165, 1.54) is 0 Å². The van der Waals surface area contributed by atoms with E-state index in [-0.39, 0.29) is 10.4 Å². The molecule has 0 amide bonds. The van der Waals surface area contributed by atoms with E-state index in [1.54, 1.807) is 18.3 Å². The smallest absolute Gasteiger partial charge is 0.244 e. The molecule has 0 spiro atoms. The topological polar surface area (TPSA) is 71.1 Å². The van der Waals surface area contributed by atoms with Crippen molar-refractivity contribution in [2.75, 3.05) is 11.9 Å². The fourth-order valence-electron chi connectivity index (χ4n) is 2.17. The fourth-order valence-corrected chi connectivity index (χ4v) is 3.77. The lowest BCUT2D eigenvalue weighted by molar-refractivity contribution is 0.248. The highest BCUT2D eigenvalue weighted by molar-refractivity contribution is 7.89. The van der Waals surface area contributed by atoms with Gasteiger partial charge in [-0.2, -0.15) is 0 Å². The third kappa shape index (κ3) is 3.25. The van der Waals surface area contributed by atoms with Gasteiger partial charge in [-0.05, 0) is 44.7 Å². The van der Waals surface area contributed by atoms with E-state index < -0.39 is 10.0 Å². The molecule has 1 saturated carbocycles. The van der Waals surface area contributed by atoms with Crippen molar-refractivity contribution in [3.05, 3.63) is 18.3 Å². The molecule has 0 unspecified atom stereocenters. The monoisotopic (exact) mass is 283 g/mol. The number of hydrogen-bond donors (Lipinski definition) is 2. The molecule has 0 aliphatic heterocycles. The third-order valence-corrected chi connectivity index (χ3v) is 5.11. The zero-order valence-corrected chi connectivity index (χ0v) is 12.3. The number of nitrogens with zero attached hydrogens (tertiary/aromatic N) is 1. The van der Waals surface area contributed by atoms with Crippen LogP contribution in [0.4, 0.5) is 5.82 Å². The van der Waals surface area contributed by atoms with Gasteiger partial charge in [0.2, 0.25) is 10.0 Å². The summed E-state index contributed by atoms with van der Waals surface area (Å²) in [6.07, 6.45) is 5.38. The number of nitrogens with one attached hydrogen (secondary N) is 2. The van der Waals surface area contributed by atoms with E-state index in [0.717, 1.165) is 25.7 Å². The molecule has 6 heteroatoms. The Kier molecular flexibility index (Phi) is 4.10. The second kappa shape index (κ2) is 5.46. The van der Waals surface area contributed by atoms with Crippen LogP contribution in [-0.2, 0) is 10.0 Å². The molecule has 1 aliphatic carbocycles. The molecule has 2 N–H and O–H groups in total. The van der Waals surface area contributed by atoms with Crippen LogP contribution < -0.4 is 10.0 Å². The Morgan fingerprint density at radius 2 is 2.16 bits per heavy atom. The molecule has 1 fully saturated rings. The van der Waals surface area contributed by atoms with Crippen molar-refractivity contribution >= 4 is 15.8 Å². The molecule has 0 saturated heterocycles. The maximum Gasteiger partial charge on any atom is 0.244 e. The lowest BCUT2D eigenvalue weighted by atomic mass is 9.80. The predicted octanol–water partition coefficient (Wildman–Crippen LogP) is 2.12. The van der Waals surface area contributed by atoms with Gasteiger partial charge < -0.3 is 5.32 Å². The van der Waals surface area contributed by atoms with Crippen LogP contribution >= 0.6 is 0 Å². The van der Waals surface area contributed by atoms with E-state index in [9.17, 15) is 8.42 Å². The third-order valence-electron chi connectivity index (χ3n) is 3.44. The second-order valence-corrected chi connectivity index (χ2v) is 6.95. The van der Waals surface area contributed by atoms with Gasteiger partial charge in [0, 0.05) is 18.3 Å². The number of pyridine rings is 1. The lowest BCUT2D eigenvalue weighted by Crippen LogP contribution is -2.50. The summed E-state index contributed by atoms with van der Waals surface area (Å²) in [5.74, 6) is 0.430. The van der Waals surface area contributed by atoms with Crippen molar-refractivity contribution in [2.45, 2.75) is 50.0 Å². The Balaban J connectivity index is 2.24. The summed E-state index contributed by atoms with van der Waals surface area (Å²) < 4.78 is 27.7. The van der Waals surface area contributed by atoms with E-state index in [1.807, 2.05) is 13.8 Å². The van der Waals surface area contributed by atoms with Crippen LogP contribution in [0.25, 0.3) is 0 Å². The molecule has 0 atom stereocenters. The van der Waals surface area contributed by atoms with Gasteiger partial charge >= 0.3 is 0 Å². The zero-order valence-electron chi connectivity index (χ0n) is 11.4. The molecule has 106 valence electrons. The van der Waals surface area contributed by atoms with Gasteiger partial charge in [-0.1, -0.05) is 6.92 Å². The molecule has 19 heavy (non-hydrogen) atoms. The molecule has 1 aromatic heterocycles. The van der Waals surface area contributed by atoms with Gasteiger partial charge in [0.1, 0.15) is 10.7 Å². The first kappa shape index (κ1) is 14.3. The first-order valence-corrected chi connectivity index (χ1v) is 8.18. The minimum absolute atomic E-state index is 0.233. The van der Waals surface area contributed by atoms with Crippen LogP contribution in [0, 0.1) is 0 Å². The maximum absolute atomic E-state index is 12.4. The molecular weight excluding hydrogens is 262 g/mol. The van der Waals surface area contributed by atoms with Crippen molar-refractivity contribution in [3.63, 3.8) is 0 Å². The summed E-state index contributed by atoms with van der Waals surface area (Å²) in [6, 6.07) is 3.24. The first-order chi connectivity index (χ1) is 8.97. The Morgan fingerprint density at radius 1 is 1.42 bits per heavy atom. The number of hydrogen-bond acceptors (Lipinski definition) is 4. The van der Waals surface area contributed by atoms with Crippen LogP contribution in [0.5, 0.6) is 0 Å². The molecule has 1 aromatic rings. The van der Waals surface area contributed by atoms with E-state index >= 15 is 0 Å². The fraction of sp³-hybridized carbons (Fsp3) is 0.615. The van der Waals surface area contributed by atoms with Crippen molar-refractivity contribution in [1.29, 1.82) is 0 Å². The number of rotatable bonds is 6. The van der Waals surface area contributed by atoms with Crippen LogP contribution in [0.3, 0.4) is 0 Å². The molecule has 5 nitrogen and oxygen atoms in total. The van der Waals surface area contributed by atoms with Gasteiger partial charge in [0.25, 0.3) is 0 Å². The summed E-state index contributed by atoms with van der Waals surface area (Å²) in [4.78, 5) is 4.36. The van der Waals surface area contributed by atoms with Crippen molar-refractivity contribution in [2.24, 2.45) is 0 Å². The molecule has 1 heterocycles. The predicted molar refractivity (Wildman–Crippen MR) is 75.6 cm³/mol. The Bertz CT molecular complexity index is 539. The van der Waals surface area contributed by atoms with E-state index in [4.69, 9.17) is 0 Å². The molecule has 0 bridgehead atoms. The van der Waals surface area contributed by atoms with Gasteiger partial charge in [0.15, 0.2) is 0 Å². The molecule has 0 radical (unpaired) electrons. The molecule has 2 rings (SSSR count). The maximum atomic E-state index is 12.4. The van der Waals surface area contributed by atoms with Gasteiger partial charge in [-0.15, -0.1) is 0 Å². The minimum atomic E-state index is -3.51. The van der Waals surface area contributed by atoms with Crippen molar-refractivity contribution in [3.8, 4) is 0 Å². The van der Waals surface area contributed by atoms with Crippen LogP contribution in [0.15, 0.2) is 23.2 Å². The zero-order chi connectivity index (χ0) is 13.9. The Morgan fingerprint density at radius 3 is 2.74 bits per heavy atom. The van der Waals surface area contributed by atoms with Gasteiger partial charge in [-0.3, -0.25) is 0 Å². The van der Waals surface area contributed by atoms with Crippen LogP contribution in [0.2, 0.25) is 0 Å². The summed E-state index contributed by atoms with van der Waals surface area (Å²) in [7, 11) is -3.51. The highest BCUT2D eigenvalue weighted by Crippen LogP contribution is 2.33. The molecule has 1 aliphatic rings. The standard InChI is InChI=1S/C13H21N3O2S/c1-3-9-14-12-11(6-4-10-15-12)19(17,18)16-13(2)7-5-8-13/h4,6,10,16H,3,5,7-9H2,1-2H3,(H,14,15). The summed E-state index contributed by atoms with van der Waals surface area (Å²) >= 11 is 0. The molecular formula is C13H21N3O2S. The average molecular weight is 283 g/mol. The largest absolute Gasteiger partial charge is 0.369 e. The minimum Gasteiger partial charge on any atom is -0.369 e. The highest BCUT2D eigenvalue weighted by Gasteiger charge is 2.37. The quantitative estimate of drug-likeness (QED) is 0.839. The SMILES string of the molecule is CCCNc1ncccc1S(=O)(=O)NC1(C)CCC1. The summed E-state index contributed by atoms with van der Waals surface area (Å²) in [5, 5.41) is 3.06. The lowest BCUT2D eigenvalue weighted by Gasteiger charge is -2.38. The Labute approximate surface area is 114 Å². The second-order valence-electron chi connectivity index (χ2n) is 5.30. The summed E-state index contributed by atoms with van der Waals surface area (Å²) in [5.41, 5.74) is -0.295. The Hall–Kier alpha value is -1.14. The highest BCUT2D eigenvalue weighted by atomic mass is 32.2. The van der Waals surface area contributed by atoms with Crippen LogP contribution in [-0.4, -0.2) is 25.5 Å². The van der Waals surface area contributed by atoms with Crippen LogP contribution in [0.1, 0.15) is 39.5 Å². The van der Waals surface area contributed by atoms with Gasteiger partial charge in [-0.25, -0.2) is 18.1 Å². The number of aromatic nitrogens is 1. The van der Waals surface area contributed by atoms with Crippen molar-refractivity contribution in [1.82, 2.24) is 9.71 Å². The van der Waals surface area contributed by atoms with Crippen molar-refractivity contribution < 1.29 is 8.42 Å². The number of anilines is 1. The summed E-state index contributed by atoms with van der Waals surface area (Å²) in [6.45, 7) is 4.68. The first-order valence-electron chi connectivity index (χ1n) is 6.70. The number of sulfonamides is 1. The normalized spacial score (nSPS) is 17.8. The van der Waals surface area contributed by atoms with Gasteiger partial charge in [0.05, 0.1) is 0 Å². The van der Waals surface area contributed by atoms with E-state index in [2.05, 4.69) is 15.0 Å².